The van der Waals surface area contributed by atoms with Crippen LogP contribution in [-0.2, 0) is 9.59 Å². The number of thiophene rings is 1. The van der Waals surface area contributed by atoms with Crippen LogP contribution < -0.4 is 15.4 Å². The second-order valence-electron chi connectivity index (χ2n) is 5.15. The fraction of sp³-hybridized carbons (Fsp3) is 0.118. The third-order valence-electron chi connectivity index (χ3n) is 3.39. The third-order valence-corrected chi connectivity index (χ3v) is 5.46. The van der Waals surface area contributed by atoms with Crippen molar-refractivity contribution in [2.24, 2.45) is 10.7 Å². The van der Waals surface area contributed by atoms with E-state index in [9.17, 15) is 9.59 Å². The number of methoxy groups -OCH3 is 1. The number of thioether (sulfide) groups is 1. The number of primary amides is 1. The molecule has 2 amide bonds. The van der Waals surface area contributed by atoms with Crippen LogP contribution in [0.3, 0.4) is 0 Å². The molecule has 0 saturated heterocycles. The Morgan fingerprint density at radius 1 is 1.46 bits per heavy atom. The molecule has 0 bridgehead atoms. The van der Waals surface area contributed by atoms with Gasteiger partial charge in [-0.05, 0) is 35.7 Å². The third kappa shape index (κ3) is 3.92. The van der Waals surface area contributed by atoms with Crippen molar-refractivity contribution >= 4 is 63.4 Å². The molecule has 0 aliphatic carbocycles. The van der Waals surface area contributed by atoms with Crippen molar-refractivity contribution in [3.8, 4) is 5.75 Å². The van der Waals surface area contributed by atoms with E-state index < -0.39 is 5.91 Å². The van der Waals surface area contributed by atoms with Crippen molar-refractivity contribution in [3.63, 3.8) is 0 Å². The lowest BCUT2D eigenvalue weighted by Crippen LogP contribution is -2.31. The molecule has 9 heteroatoms. The smallest absolute Gasteiger partial charge is 0.283 e. The summed E-state index contributed by atoms with van der Waals surface area (Å²) >= 11 is 8.79. The molecule has 0 fully saturated rings. The van der Waals surface area contributed by atoms with E-state index in [0.29, 0.717) is 21.6 Å². The van der Waals surface area contributed by atoms with Crippen LogP contribution in [0.2, 0.25) is 5.02 Å². The quantitative estimate of drug-likeness (QED) is 0.770. The minimum atomic E-state index is -0.492. The average molecular weight is 408 g/mol. The number of benzene rings is 1. The average Bonchev–Trinajstić information content (AvgIpc) is 3.22. The van der Waals surface area contributed by atoms with Gasteiger partial charge < -0.3 is 10.5 Å². The summed E-state index contributed by atoms with van der Waals surface area (Å²) in [5.41, 5.74) is 6.04. The van der Waals surface area contributed by atoms with Gasteiger partial charge in [-0.25, -0.2) is 4.99 Å². The highest BCUT2D eigenvalue weighted by molar-refractivity contribution is 8.14. The van der Waals surface area contributed by atoms with Crippen molar-refractivity contribution in [1.29, 1.82) is 0 Å². The maximum atomic E-state index is 12.9. The monoisotopic (exact) mass is 407 g/mol. The summed E-state index contributed by atoms with van der Waals surface area (Å²) in [4.78, 5) is 30.8. The van der Waals surface area contributed by atoms with Crippen molar-refractivity contribution < 1.29 is 14.3 Å². The van der Waals surface area contributed by atoms with E-state index in [0.717, 1.165) is 16.6 Å². The zero-order chi connectivity index (χ0) is 18.7. The summed E-state index contributed by atoms with van der Waals surface area (Å²) < 4.78 is 5.14. The standard InChI is InChI=1S/C17H14ClN3O3S2/c1-24-14-5-4-10(7-12(14)18)21-16(23)13(8-11-3-2-6-25-11)20-17(21)26-9-15(19)22/h2-8H,9H2,1H3,(H2,19,22)/b13-8+. The number of anilines is 1. The van der Waals surface area contributed by atoms with Crippen LogP contribution in [0.4, 0.5) is 5.69 Å². The first-order valence-electron chi connectivity index (χ1n) is 7.42. The fourth-order valence-corrected chi connectivity index (χ4v) is 3.91. The number of rotatable bonds is 5. The molecule has 0 unspecified atom stereocenters. The largest absolute Gasteiger partial charge is 0.495 e. The summed E-state index contributed by atoms with van der Waals surface area (Å²) in [6, 6.07) is 8.78. The number of carbonyl (C=O) groups excluding carboxylic acids is 2. The molecule has 6 nitrogen and oxygen atoms in total. The summed E-state index contributed by atoms with van der Waals surface area (Å²) in [5, 5.41) is 2.66. The molecule has 2 N–H and O–H groups in total. The molecule has 1 aliphatic heterocycles. The molecule has 2 aromatic rings. The Morgan fingerprint density at radius 3 is 2.88 bits per heavy atom. The van der Waals surface area contributed by atoms with Gasteiger partial charge in [-0.3, -0.25) is 14.5 Å². The Morgan fingerprint density at radius 2 is 2.27 bits per heavy atom. The highest BCUT2D eigenvalue weighted by Crippen LogP contribution is 2.34. The normalized spacial score (nSPS) is 15.5. The van der Waals surface area contributed by atoms with E-state index in [2.05, 4.69) is 4.99 Å². The maximum Gasteiger partial charge on any atom is 0.283 e. The van der Waals surface area contributed by atoms with Crippen molar-refractivity contribution in [2.75, 3.05) is 17.8 Å². The number of carbonyl (C=O) groups is 2. The van der Waals surface area contributed by atoms with E-state index in [1.165, 1.54) is 23.3 Å². The van der Waals surface area contributed by atoms with Gasteiger partial charge in [0.25, 0.3) is 5.91 Å². The first-order chi connectivity index (χ1) is 12.5. The van der Waals surface area contributed by atoms with Crippen molar-refractivity contribution in [2.45, 2.75) is 0 Å². The summed E-state index contributed by atoms with van der Waals surface area (Å²) in [6.07, 6.45) is 1.71. The molecule has 3 rings (SSSR count). The minimum Gasteiger partial charge on any atom is -0.495 e. The fourth-order valence-electron chi connectivity index (χ4n) is 2.26. The molecule has 0 saturated carbocycles. The zero-order valence-electron chi connectivity index (χ0n) is 13.6. The molecule has 1 aromatic heterocycles. The molecule has 26 heavy (non-hydrogen) atoms. The summed E-state index contributed by atoms with van der Waals surface area (Å²) in [7, 11) is 1.51. The highest BCUT2D eigenvalue weighted by Gasteiger charge is 2.32. The number of hydrogen-bond donors (Lipinski definition) is 1. The Kier molecular flexibility index (Phi) is 5.65. The number of halogens is 1. The predicted molar refractivity (Wildman–Crippen MR) is 107 cm³/mol. The van der Waals surface area contributed by atoms with Gasteiger partial charge in [-0.2, -0.15) is 0 Å². The van der Waals surface area contributed by atoms with Crippen LogP contribution >= 0.6 is 34.7 Å². The first kappa shape index (κ1) is 18.5. The molecular weight excluding hydrogens is 394 g/mol. The highest BCUT2D eigenvalue weighted by atomic mass is 35.5. The van der Waals surface area contributed by atoms with Crippen LogP contribution in [0.25, 0.3) is 6.08 Å². The second-order valence-corrected chi connectivity index (χ2v) is 7.48. The molecule has 0 atom stereocenters. The van der Waals surface area contributed by atoms with Gasteiger partial charge in [0.1, 0.15) is 11.4 Å². The predicted octanol–water partition coefficient (Wildman–Crippen LogP) is 3.37. The van der Waals surface area contributed by atoms with Gasteiger partial charge in [0.2, 0.25) is 5.91 Å². The minimum absolute atomic E-state index is 0.0127. The van der Waals surface area contributed by atoms with E-state index >= 15 is 0 Å². The Balaban J connectivity index is 1.98. The number of ether oxygens (including phenoxy) is 1. The lowest BCUT2D eigenvalue weighted by atomic mass is 10.2. The van der Waals surface area contributed by atoms with E-state index in [1.54, 1.807) is 24.3 Å². The van der Waals surface area contributed by atoms with Crippen molar-refractivity contribution in [3.05, 3.63) is 51.3 Å². The van der Waals surface area contributed by atoms with Crippen LogP contribution in [0.1, 0.15) is 4.88 Å². The van der Waals surface area contributed by atoms with E-state index in [1.807, 2.05) is 17.5 Å². The molecule has 2 heterocycles. The number of amidine groups is 1. The molecule has 1 aliphatic rings. The topological polar surface area (TPSA) is 85.0 Å². The van der Waals surface area contributed by atoms with Gasteiger partial charge in [0, 0.05) is 4.88 Å². The van der Waals surface area contributed by atoms with E-state index in [-0.39, 0.29) is 17.4 Å². The maximum absolute atomic E-state index is 12.9. The molecule has 1 aromatic carbocycles. The first-order valence-corrected chi connectivity index (χ1v) is 9.67. The molecule has 134 valence electrons. The Labute approximate surface area is 163 Å². The van der Waals surface area contributed by atoms with Crippen LogP contribution in [-0.4, -0.2) is 29.8 Å². The summed E-state index contributed by atoms with van der Waals surface area (Å²) in [6.45, 7) is 0. The number of amides is 2. The van der Waals surface area contributed by atoms with Gasteiger partial charge >= 0.3 is 0 Å². The number of nitrogens with two attached hydrogens (primary N) is 1. The van der Waals surface area contributed by atoms with Gasteiger partial charge in [-0.1, -0.05) is 29.4 Å². The lowest BCUT2D eigenvalue weighted by molar-refractivity contribution is -0.115. The van der Waals surface area contributed by atoms with Crippen molar-refractivity contribution in [1.82, 2.24) is 0 Å². The van der Waals surface area contributed by atoms with Crippen LogP contribution in [0.5, 0.6) is 5.75 Å². The van der Waals surface area contributed by atoms with Gasteiger partial charge in [-0.15, -0.1) is 11.3 Å². The Bertz CT molecular complexity index is 910. The van der Waals surface area contributed by atoms with Gasteiger partial charge in [0.15, 0.2) is 5.17 Å². The summed E-state index contributed by atoms with van der Waals surface area (Å²) in [5.74, 6) is -0.279. The molecule has 0 spiro atoms. The lowest BCUT2D eigenvalue weighted by Gasteiger charge is -2.18. The van der Waals surface area contributed by atoms with E-state index in [4.69, 9.17) is 22.1 Å². The van der Waals surface area contributed by atoms with Gasteiger partial charge in [0.05, 0.1) is 23.6 Å². The number of aliphatic imine (C=N–C) groups is 1. The van der Waals surface area contributed by atoms with Crippen LogP contribution in [0, 0.1) is 0 Å². The number of nitrogens with zero attached hydrogens (tertiary/aromatic N) is 2. The van der Waals surface area contributed by atoms with Crippen LogP contribution in [0.15, 0.2) is 46.4 Å². The number of hydrogen-bond acceptors (Lipinski definition) is 6. The second kappa shape index (κ2) is 7.94. The SMILES string of the molecule is COc1ccc(N2C(=O)/C(=C\c3cccs3)N=C2SCC(N)=O)cc1Cl. The molecule has 0 radical (unpaired) electrons. The zero-order valence-corrected chi connectivity index (χ0v) is 16.0. The Hall–Kier alpha value is -2.29. The molecular formula is C17H14ClN3O3S2.